The summed E-state index contributed by atoms with van der Waals surface area (Å²) < 4.78 is 0. The van der Waals surface area contributed by atoms with Crippen LogP contribution in [0.1, 0.15) is 28.9 Å². The third-order valence-electron chi connectivity index (χ3n) is 2.50. The van der Waals surface area contributed by atoms with Gasteiger partial charge in [0, 0.05) is 30.4 Å². The zero-order chi connectivity index (χ0) is 12.1. The van der Waals surface area contributed by atoms with Crippen LogP contribution >= 0.6 is 0 Å². The molecule has 4 nitrogen and oxygen atoms in total. The number of pyridine rings is 2. The second kappa shape index (κ2) is 5.21. The lowest BCUT2D eigenvalue weighted by Crippen LogP contribution is -2.26. The molecule has 0 aromatic carbocycles. The number of rotatable bonds is 3. The summed E-state index contributed by atoms with van der Waals surface area (Å²) in [5.41, 5.74) is 1.64. The van der Waals surface area contributed by atoms with Gasteiger partial charge in [0.25, 0.3) is 5.91 Å². The molecule has 0 aliphatic heterocycles. The molecule has 0 aliphatic carbocycles. The fourth-order valence-electron chi connectivity index (χ4n) is 1.52. The molecule has 4 heteroatoms. The van der Waals surface area contributed by atoms with Crippen LogP contribution in [-0.2, 0) is 0 Å². The van der Waals surface area contributed by atoms with Gasteiger partial charge in [-0.3, -0.25) is 14.8 Å². The topological polar surface area (TPSA) is 54.9 Å². The maximum Gasteiger partial charge on any atom is 0.251 e. The highest BCUT2D eigenvalue weighted by Crippen LogP contribution is 2.11. The Morgan fingerprint density at radius 3 is 2.18 bits per heavy atom. The fourth-order valence-corrected chi connectivity index (χ4v) is 1.52. The van der Waals surface area contributed by atoms with Crippen molar-refractivity contribution in [3.05, 3.63) is 60.2 Å². The molecule has 0 spiro atoms. The molecule has 0 saturated carbocycles. The first kappa shape index (κ1) is 11.3. The number of carbonyl (C=O) groups is 1. The molecule has 0 unspecified atom stereocenters. The molecule has 0 saturated heterocycles. The summed E-state index contributed by atoms with van der Waals surface area (Å²) in [7, 11) is 0. The Kier molecular flexibility index (Phi) is 3.45. The molecule has 2 rings (SSSR count). The van der Waals surface area contributed by atoms with Crippen molar-refractivity contribution in [1.29, 1.82) is 0 Å². The largest absolute Gasteiger partial charge is 0.346 e. The summed E-state index contributed by atoms with van der Waals surface area (Å²) in [6.07, 6.45) is 6.63. The molecule has 0 bridgehead atoms. The number of hydrogen-bond acceptors (Lipinski definition) is 3. The van der Waals surface area contributed by atoms with Gasteiger partial charge < -0.3 is 5.32 Å². The van der Waals surface area contributed by atoms with Crippen molar-refractivity contribution in [3.8, 4) is 0 Å². The number of nitrogens with zero attached hydrogens (tertiary/aromatic N) is 2. The molecule has 17 heavy (non-hydrogen) atoms. The zero-order valence-electron chi connectivity index (χ0n) is 9.50. The zero-order valence-corrected chi connectivity index (χ0v) is 9.50. The van der Waals surface area contributed by atoms with E-state index in [1.54, 1.807) is 36.9 Å². The molecule has 2 aromatic heterocycles. The maximum absolute atomic E-state index is 11.9. The van der Waals surface area contributed by atoms with E-state index in [-0.39, 0.29) is 11.9 Å². The number of amides is 1. The average molecular weight is 227 g/mol. The monoisotopic (exact) mass is 227 g/mol. The first-order chi connectivity index (χ1) is 8.27. The Balaban J connectivity index is 2.05. The minimum absolute atomic E-state index is 0.0429. The van der Waals surface area contributed by atoms with E-state index in [2.05, 4.69) is 15.3 Å². The van der Waals surface area contributed by atoms with Crippen LogP contribution < -0.4 is 5.32 Å². The van der Waals surface area contributed by atoms with Crippen LogP contribution in [0.15, 0.2) is 49.1 Å². The highest BCUT2D eigenvalue weighted by molar-refractivity contribution is 5.94. The Morgan fingerprint density at radius 1 is 1.06 bits per heavy atom. The van der Waals surface area contributed by atoms with E-state index in [9.17, 15) is 4.79 Å². The lowest BCUT2D eigenvalue weighted by atomic mass is 10.1. The molecule has 2 aromatic rings. The van der Waals surface area contributed by atoms with E-state index in [1.165, 1.54) is 0 Å². The highest BCUT2D eigenvalue weighted by Gasteiger charge is 2.10. The Bertz CT molecular complexity index is 485. The van der Waals surface area contributed by atoms with Crippen molar-refractivity contribution in [3.63, 3.8) is 0 Å². The van der Waals surface area contributed by atoms with E-state index in [0.29, 0.717) is 5.56 Å². The number of nitrogens with one attached hydrogen (secondary N) is 1. The van der Waals surface area contributed by atoms with E-state index >= 15 is 0 Å². The molecule has 0 radical (unpaired) electrons. The highest BCUT2D eigenvalue weighted by atomic mass is 16.1. The van der Waals surface area contributed by atoms with E-state index in [0.717, 1.165) is 5.56 Å². The lowest BCUT2D eigenvalue weighted by molar-refractivity contribution is 0.0940. The predicted molar refractivity (Wildman–Crippen MR) is 64.4 cm³/mol. The fraction of sp³-hybridized carbons (Fsp3) is 0.154. The van der Waals surface area contributed by atoms with Crippen molar-refractivity contribution in [2.45, 2.75) is 13.0 Å². The smallest absolute Gasteiger partial charge is 0.251 e. The van der Waals surface area contributed by atoms with E-state index in [1.807, 2.05) is 19.1 Å². The lowest BCUT2D eigenvalue weighted by Gasteiger charge is -2.13. The number of hydrogen-bond donors (Lipinski definition) is 1. The minimum Gasteiger partial charge on any atom is -0.346 e. The molecule has 0 aliphatic rings. The van der Waals surface area contributed by atoms with E-state index in [4.69, 9.17) is 0 Å². The van der Waals surface area contributed by atoms with Gasteiger partial charge in [0.15, 0.2) is 0 Å². The van der Waals surface area contributed by atoms with Crippen LogP contribution in [0, 0.1) is 0 Å². The normalized spacial score (nSPS) is 11.8. The van der Waals surface area contributed by atoms with Gasteiger partial charge in [0.05, 0.1) is 6.04 Å². The average Bonchev–Trinajstić information content (AvgIpc) is 2.40. The number of carbonyl (C=O) groups excluding carboxylic acids is 1. The Labute approximate surface area is 99.7 Å². The van der Waals surface area contributed by atoms with Crippen LogP contribution in [0.25, 0.3) is 0 Å². The Morgan fingerprint density at radius 2 is 1.59 bits per heavy atom. The standard InChI is InChI=1S/C13H13N3O/c1-10(11-2-6-14-7-3-11)16-13(17)12-4-8-15-9-5-12/h2-10H,1H3,(H,16,17)/t10-/m1/s1. The SMILES string of the molecule is C[C@@H](NC(=O)c1ccncc1)c1ccncc1. The van der Waals surface area contributed by atoms with Crippen molar-refractivity contribution in [2.24, 2.45) is 0 Å². The molecule has 1 N–H and O–H groups in total. The summed E-state index contributed by atoms with van der Waals surface area (Å²) in [5, 5.41) is 2.92. The molecule has 86 valence electrons. The van der Waals surface area contributed by atoms with Gasteiger partial charge in [-0.2, -0.15) is 0 Å². The van der Waals surface area contributed by atoms with Gasteiger partial charge in [0.2, 0.25) is 0 Å². The van der Waals surface area contributed by atoms with Crippen molar-refractivity contribution < 1.29 is 4.79 Å². The summed E-state index contributed by atoms with van der Waals surface area (Å²) in [6.45, 7) is 1.94. The van der Waals surface area contributed by atoms with Gasteiger partial charge in [-0.25, -0.2) is 0 Å². The van der Waals surface area contributed by atoms with Crippen molar-refractivity contribution in [2.75, 3.05) is 0 Å². The second-order valence-electron chi connectivity index (χ2n) is 3.71. The third-order valence-corrected chi connectivity index (χ3v) is 2.50. The van der Waals surface area contributed by atoms with Gasteiger partial charge in [0.1, 0.15) is 0 Å². The summed E-state index contributed by atoms with van der Waals surface area (Å²) in [6, 6.07) is 7.11. The van der Waals surface area contributed by atoms with Crippen LogP contribution in [0.2, 0.25) is 0 Å². The van der Waals surface area contributed by atoms with Crippen LogP contribution in [0.4, 0.5) is 0 Å². The minimum atomic E-state index is -0.100. The third kappa shape index (κ3) is 2.87. The van der Waals surface area contributed by atoms with Crippen LogP contribution in [-0.4, -0.2) is 15.9 Å². The number of aromatic nitrogens is 2. The van der Waals surface area contributed by atoms with Crippen molar-refractivity contribution >= 4 is 5.91 Å². The van der Waals surface area contributed by atoms with Crippen molar-refractivity contribution in [1.82, 2.24) is 15.3 Å². The molecule has 1 amide bonds. The Hall–Kier alpha value is -2.23. The molecular formula is C13H13N3O. The summed E-state index contributed by atoms with van der Waals surface area (Å²) >= 11 is 0. The van der Waals surface area contributed by atoms with Crippen LogP contribution in [0.3, 0.4) is 0 Å². The predicted octanol–water partition coefficient (Wildman–Crippen LogP) is 1.97. The summed E-state index contributed by atoms with van der Waals surface area (Å²) in [5.74, 6) is -0.100. The van der Waals surface area contributed by atoms with E-state index < -0.39 is 0 Å². The molecule has 2 heterocycles. The van der Waals surface area contributed by atoms with Gasteiger partial charge in [-0.15, -0.1) is 0 Å². The first-order valence-corrected chi connectivity index (χ1v) is 5.38. The van der Waals surface area contributed by atoms with Gasteiger partial charge in [-0.1, -0.05) is 0 Å². The molecule has 0 fully saturated rings. The maximum atomic E-state index is 11.9. The van der Waals surface area contributed by atoms with Gasteiger partial charge in [-0.05, 0) is 36.8 Å². The quantitative estimate of drug-likeness (QED) is 0.872. The van der Waals surface area contributed by atoms with Gasteiger partial charge >= 0.3 is 0 Å². The summed E-state index contributed by atoms with van der Waals surface area (Å²) in [4.78, 5) is 19.7. The first-order valence-electron chi connectivity index (χ1n) is 5.38. The molecular weight excluding hydrogens is 214 g/mol. The second-order valence-corrected chi connectivity index (χ2v) is 3.71. The molecule has 1 atom stereocenters. The van der Waals surface area contributed by atoms with Crippen LogP contribution in [0.5, 0.6) is 0 Å².